The number of carbonyl (C=O) groups is 2. The first-order valence-corrected chi connectivity index (χ1v) is 6.56. The van der Waals surface area contributed by atoms with Gasteiger partial charge in [-0.25, -0.2) is 0 Å². The minimum Gasteiger partial charge on any atom is -0.371 e. The number of nitrogens with zero attached hydrogens (tertiary/aromatic N) is 3. The van der Waals surface area contributed by atoms with E-state index in [1.807, 2.05) is 4.90 Å². The molecule has 0 aromatic carbocycles. The summed E-state index contributed by atoms with van der Waals surface area (Å²) in [5.74, 6) is 0.240. The number of rotatable bonds is 4. The number of hydrogen-bond acceptors (Lipinski definition) is 3. The van der Waals surface area contributed by atoms with Crippen molar-refractivity contribution in [3.63, 3.8) is 0 Å². The van der Waals surface area contributed by atoms with Crippen LogP contribution in [-0.2, 0) is 9.59 Å². The molecule has 1 aliphatic heterocycles. The highest BCUT2D eigenvalue weighted by molar-refractivity contribution is 6.18. The third-order valence-corrected chi connectivity index (χ3v) is 2.90. The van der Waals surface area contributed by atoms with Gasteiger partial charge in [0.05, 0.1) is 5.57 Å². The van der Waals surface area contributed by atoms with Gasteiger partial charge in [-0.1, -0.05) is 0 Å². The molecule has 0 aliphatic carbocycles. The van der Waals surface area contributed by atoms with Crippen LogP contribution in [0.15, 0.2) is 23.4 Å². The van der Waals surface area contributed by atoms with Gasteiger partial charge in [-0.2, -0.15) is 0 Å². The summed E-state index contributed by atoms with van der Waals surface area (Å²) in [4.78, 5) is 28.9. The standard InChI is InChI=1S/C13H20ClN3O2/c1-15(2)12(18)10-7-11(13(19)16(3)4)9-17(8-10)6-5-14/h7-8H,5-6,9H2,1-4H3. The predicted molar refractivity (Wildman–Crippen MR) is 75.8 cm³/mol. The molecular weight excluding hydrogens is 266 g/mol. The molecule has 0 spiro atoms. The van der Waals surface area contributed by atoms with Crippen molar-refractivity contribution in [2.75, 3.05) is 47.2 Å². The van der Waals surface area contributed by atoms with Crippen LogP contribution in [0, 0.1) is 0 Å². The monoisotopic (exact) mass is 285 g/mol. The van der Waals surface area contributed by atoms with Gasteiger partial charge < -0.3 is 14.7 Å². The zero-order chi connectivity index (χ0) is 14.6. The van der Waals surface area contributed by atoms with E-state index in [9.17, 15) is 9.59 Å². The number of likely N-dealkylation sites (N-methyl/N-ethyl adjacent to an activating group) is 2. The normalized spacial score (nSPS) is 14.7. The maximum Gasteiger partial charge on any atom is 0.254 e. The topological polar surface area (TPSA) is 43.9 Å². The molecule has 1 aliphatic rings. The highest BCUT2D eigenvalue weighted by atomic mass is 35.5. The van der Waals surface area contributed by atoms with E-state index in [1.54, 1.807) is 40.5 Å². The van der Waals surface area contributed by atoms with E-state index < -0.39 is 0 Å². The van der Waals surface area contributed by atoms with Crippen LogP contribution in [0.5, 0.6) is 0 Å². The lowest BCUT2D eigenvalue weighted by Crippen LogP contribution is -2.35. The van der Waals surface area contributed by atoms with Crippen molar-refractivity contribution in [2.24, 2.45) is 0 Å². The Morgan fingerprint density at radius 1 is 1.21 bits per heavy atom. The third kappa shape index (κ3) is 3.99. The van der Waals surface area contributed by atoms with E-state index in [1.165, 1.54) is 9.80 Å². The zero-order valence-electron chi connectivity index (χ0n) is 11.8. The molecule has 0 atom stereocenters. The van der Waals surface area contributed by atoms with Gasteiger partial charge in [-0.05, 0) is 6.08 Å². The first-order chi connectivity index (χ1) is 8.86. The summed E-state index contributed by atoms with van der Waals surface area (Å²) >= 11 is 5.73. The van der Waals surface area contributed by atoms with E-state index >= 15 is 0 Å². The van der Waals surface area contributed by atoms with Crippen molar-refractivity contribution in [3.8, 4) is 0 Å². The Morgan fingerprint density at radius 2 is 1.79 bits per heavy atom. The number of hydrogen-bond donors (Lipinski definition) is 0. The van der Waals surface area contributed by atoms with Crippen molar-refractivity contribution >= 4 is 23.4 Å². The zero-order valence-corrected chi connectivity index (χ0v) is 12.6. The Morgan fingerprint density at radius 3 is 2.26 bits per heavy atom. The molecule has 2 amide bonds. The number of halogens is 1. The summed E-state index contributed by atoms with van der Waals surface area (Å²) in [7, 11) is 6.76. The van der Waals surface area contributed by atoms with Crippen molar-refractivity contribution in [3.05, 3.63) is 23.4 Å². The van der Waals surface area contributed by atoms with Crippen molar-refractivity contribution in [1.82, 2.24) is 14.7 Å². The van der Waals surface area contributed by atoms with E-state index in [4.69, 9.17) is 11.6 Å². The van der Waals surface area contributed by atoms with Crippen LogP contribution in [0.25, 0.3) is 0 Å². The van der Waals surface area contributed by atoms with Gasteiger partial charge in [-0.15, -0.1) is 11.6 Å². The number of carbonyl (C=O) groups excluding carboxylic acids is 2. The summed E-state index contributed by atoms with van der Waals surface area (Å²) in [6.07, 6.45) is 3.42. The van der Waals surface area contributed by atoms with Gasteiger partial charge >= 0.3 is 0 Å². The molecule has 0 unspecified atom stereocenters. The number of amides is 2. The second kappa shape index (κ2) is 6.61. The average molecular weight is 286 g/mol. The molecule has 0 N–H and O–H groups in total. The largest absolute Gasteiger partial charge is 0.371 e. The Balaban J connectivity index is 3.04. The lowest BCUT2D eigenvalue weighted by atomic mass is 10.1. The maximum atomic E-state index is 12.0. The molecule has 0 bridgehead atoms. The van der Waals surface area contributed by atoms with Crippen molar-refractivity contribution < 1.29 is 9.59 Å². The summed E-state index contributed by atoms with van der Waals surface area (Å²) in [6.45, 7) is 1.08. The molecule has 106 valence electrons. The fourth-order valence-electron chi connectivity index (χ4n) is 1.78. The Kier molecular flexibility index (Phi) is 5.42. The van der Waals surface area contributed by atoms with Crippen LogP contribution in [0.4, 0.5) is 0 Å². The van der Waals surface area contributed by atoms with Crippen molar-refractivity contribution in [1.29, 1.82) is 0 Å². The highest BCUT2D eigenvalue weighted by Gasteiger charge is 2.22. The fourth-order valence-corrected chi connectivity index (χ4v) is 1.99. The highest BCUT2D eigenvalue weighted by Crippen LogP contribution is 2.16. The van der Waals surface area contributed by atoms with Crippen LogP contribution in [0.3, 0.4) is 0 Å². The molecule has 1 rings (SSSR count). The van der Waals surface area contributed by atoms with E-state index in [0.29, 0.717) is 30.1 Å². The van der Waals surface area contributed by atoms with Crippen LogP contribution >= 0.6 is 11.6 Å². The number of alkyl halides is 1. The molecule has 0 saturated heterocycles. The fraction of sp³-hybridized carbons (Fsp3) is 0.538. The van der Waals surface area contributed by atoms with Crippen LogP contribution in [0.2, 0.25) is 0 Å². The summed E-state index contributed by atoms with van der Waals surface area (Å²) < 4.78 is 0. The van der Waals surface area contributed by atoms with Crippen LogP contribution < -0.4 is 0 Å². The van der Waals surface area contributed by atoms with Gasteiger partial charge in [0.15, 0.2) is 0 Å². The first kappa shape index (κ1) is 15.6. The SMILES string of the molecule is CN(C)C(=O)C1=CN(CCCl)CC(C(=O)N(C)C)=C1. The predicted octanol–water partition coefficient (Wildman–Crippen LogP) is 0.527. The van der Waals surface area contributed by atoms with E-state index in [2.05, 4.69) is 0 Å². The molecule has 0 saturated carbocycles. The molecule has 19 heavy (non-hydrogen) atoms. The van der Waals surface area contributed by atoms with Crippen LogP contribution in [0.1, 0.15) is 0 Å². The van der Waals surface area contributed by atoms with Crippen LogP contribution in [-0.4, -0.2) is 73.7 Å². The first-order valence-electron chi connectivity index (χ1n) is 6.02. The third-order valence-electron chi connectivity index (χ3n) is 2.73. The van der Waals surface area contributed by atoms with Gasteiger partial charge in [-0.3, -0.25) is 9.59 Å². The molecule has 0 aromatic rings. The maximum absolute atomic E-state index is 12.0. The van der Waals surface area contributed by atoms with Crippen molar-refractivity contribution in [2.45, 2.75) is 0 Å². The molecule has 6 heteroatoms. The van der Waals surface area contributed by atoms with Gasteiger partial charge in [0, 0.05) is 58.9 Å². The Bertz CT molecular complexity index is 428. The molecule has 0 aromatic heterocycles. The van der Waals surface area contributed by atoms with E-state index in [-0.39, 0.29) is 11.8 Å². The minimum atomic E-state index is -0.122. The Hall–Kier alpha value is -1.49. The minimum absolute atomic E-state index is 0.0864. The molecule has 1 heterocycles. The smallest absolute Gasteiger partial charge is 0.254 e. The summed E-state index contributed by atoms with van der Waals surface area (Å²) in [6, 6.07) is 0. The van der Waals surface area contributed by atoms with Gasteiger partial charge in [0.25, 0.3) is 11.8 Å². The Labute approximate surface area is 119 Å². The van der Waals surface area contributed by atoms with Gasteiger partial charge in [0.2, 0.25) is 0 Å². The van der Waals surface area contributed by atoms with E-state index in [0.717, 1.165) is 0 Å². The second-order valence-corrected chi connectivity index (χ2v) is 5.19. The molecule has 5 nitrogen and oxygen atoms in total. The molecule has 0 fully saturated rings. The molecule has 0 radical (unpaired) electrons. The lowest BCUT2D eigenvalue weighted by Gasteiger charge is -2.27. The average Bonchev–Trinajstić information content (AvgIpc) is 2.36. The summed E-state index contributed by atoms with van der Waals surface area (Å²) in [5.41, 5.74) is 1.11. The quantitative estimate of drug-likeness (QED) is 0.708. The summed E-state index contributed by atoms with van der Waals surface area (Å²) in [5, 5.41) is 0. The second-order valence-electron chi connectivity index (χ2n) is 4.81. The van der Waals surface area contributed by atoms with Gasteiger partial charge in [0.1, 0.15) is 0 Å². The lowest BCUT2D eigenvalue weighted by molar-refractivity contribution is -0.124. The molecular formula is C13H20ClN3O2.